The van der Waals surface area contributed by atoms with Gasteiger partial charge in [-0.2, -0.15) is 5.48 Å². The van der Waals surface area contributed by atoms with E-state index in [1.807, 2.05) is 6.08 Å². The number of rotatable bonds is 4. The Morgan fingerprint density at radius 3 is 2.78 bits per heavy atom. The zero-order chi connectivity index (χ0) is 13.0. The number of aliphatic hydroxyl groups is 1. The molecule has 4 N–H and O–H groups in total. The van der Waals surface area contributed by atoms with Crippen LogP contribution in [0.3, 0.4) is 0 Å². The number of hydroxylamine groups is 1. The summed E-state index contributed by atoms with van der Waals surface area (Å²) < 4.78 is 5.16. The average Bonchev–Trinajstić information content (AvgIpc) is 2.86. The Morgan fingerprint density at radius 2 is 2.11 bits per heavy atom. The van der Waals surface area contributed by atoms with Crippen LogP contribution in [0.4, 0.5) is 0 Å². The van der Waals surface area contributed by atoms with Crippen molar-refractivity contribution in [2.24, 2.45) is 0 Å². The summed E-state index contributed by atoms with van der Waals surface area (Å²) in [6.07, 6.45) is 2.40. The van der Waals surface area contributed by atoms with Gasteiger partial charge in [0.05, 0.1) is 0 Å². The van der Waals surface area contributed by atoms with E-state index in [9.17, 15) is 9.90 Å². The molecule has 96 valence electrons. The Morgan fingerprint density at radius 1 is 1.39 bits per heavy atom. The maximum Gasteiger partial charge on any atom is 0.340 e. The van der Waals surface area contributed by atoms with Crippen molar-refractivity contribution in [1.29, 1.82) is 0 Å². The Balaban J connectivity index is 1.98. The molecule has 3 atom stereocenters. The predicted octanol–water partition coefficient (Wildman–Crippen LogP) is -0.0871. The standard InChI is InChI=1S/C13H15NO4/c15-12(9-5-2-1-3-6-9)13(16)18-11-8-4-7-10(11)14-17/h1-6,8,10-12,14-15,17H,7H2/p+1/t10-,11+,12-/m1/s1. The number of ether oxygens (including phenoxy) is 1. The molecule has 1 aliphatic rings. The highest BCUT2D eigenvalue weighted by Gasteiger charge is 2.31. The van der Waals surface area contributed by atoms with E-state index in [1.165, 1.54) is 0 Å². The van der Waals surface area contributed by atoms with Gasteiger partial charge >= 0.3 is 5.97 Å². The highest BCUT2D eigenvalue weighted by molar-refractivity contribution is 5.76. The lowest BCUT2D eigenvalue weighted by Crippen LogP contribution is -2.89. The van der Waals surface area contributed by atoms with Gasteiger partial charge in [-0.25, -0.2) is 10.0 Å². The van der Waals surface area contributed by atoms with E-state index < -0.39 is 18.2 Å². The van der Waals surface area contributed by atoms with E-state index in [4.69, 9.17) is 9.94 Å². The molecular weight excluding hydrogens is 234 g/mol. The molecule has 18 heavy (non-hydrogen) atoms. The van der Waals surface area contributed by atoms with Gasteiger partial charge in [0.2, 0.25) is 0 Å². The third-order valence-electron chi connectivity index (χ3n) is 2.94. The summed E-state index contributed by atoms with van der Waals surface area (Å²) in [5.41, 5.74) is 1.52. The van der Waals surface area contributed by atoms with Gasteiger partial charge in [0.25, 0.3) is 0 Å². The zero-order valence-electron chi connectivity index (χ0n) is 9.77. The summed E-state index contributed by atoms with van der Waals surface area (Å²) in [7, 11) is 0. The second-order valence-electron chi connectivity index (χ2n) is 4.19. The van der Waals surface area contributed by atoms with E-state index >= 15 is 0 Å². The molecule has 0 radical (unpaired) electrons. The summed E-state index contributed by atoms with van der Waals surface area (Å²) >= 11 is 0. The second kappa shape index (κ2) is 5.77. The molecule has 0 saturated carbocycles. The van der Waals surface area contributed by atoms with Crippen molar-refractivity contribution in [3.63, 3.8) is 0 Å². The third kappa shape index (κ3) is 2.76. The number of hydrogen-bond acceptors (Lipinski definition) is 4. The molecule has 0 spiro atoms. The first kappa shape index (κ1) is 12.8. The van der Waals surface area contributed by atoms with E-state index in [2.05, 4.69) is 0 Å². The lowest BCUT2D eigenvalue weighted by molar-refractivity contribution is -0.911. The SMILES string of the molecule is O=C(O[C@H]1C=CC[C@H]1[NH2+]O)[C@H](O)c1ccccc1. The topological polar surface area (TPSA) is 83.4 Å². The Hall–Kier alpha value is -1.69. The van der Waals surface area contributed by atoms with Crippen molar-refractivity contribution >= 4 is 5.97 Å². The van der Waals surface area contributed by atoms with Crippen LogP contribution in [0.5, 0.6) is 0 Å². The first-order chi connectivity index (χ1) is 8.72. The van der Waals surface area contributed by atoms with Crippen LogP contribution in [0.15, 0.2) is 42.5 Å². The molecule has 5 nitrogen and oxygen atoms in total. The van der Waals surface area contributed by atoms with Gasteiger partial charge < -0.3 is 9.84 Å². The fourth-order valence-corrected chi connectivity index (χ4v) is 1.89. The van der Waals surface area contributed by atoms with Crippen molar-refractivity contribution < 1.29 is 25.3 Å². The Kier molecular flexibility index (Phi) is 4.09. The summed E-state index contributed by atoms with van der Waals surface area (Å²) in [5.74, 6) is -0.704. The van der Waals surface area contributed by atoms with E-state index in [0.29, 0.717) is 12.0 Å². The average molecular weight is 250 g/mol. The summed E-state index contributed by atoms with van der Waals surface area (Å²) in [6, 6.07) is 8.38. The lowest BCUT2D eigenvalue weighted by Gasteiger charge is -2.17. The minimum atomic E-state index is -1.29. The number of aliphatic hydroxyl groups excluding tert-OH is 1. The number of carbonyl (C=O) groups excluding carboxylic acids is 1. The molecular formula is C13H16NO4+. The van der Waals surface area contributed by atoms with Crippen LogP contribution in [-0.4, -0.2) is 28.4 Å². The van der Waals surface area contributed by atoms with Crippen LogP contribution in [0, 0.1) is 0 Å². The number of nitrogens with two attached hydrogens (primary N) is 1. The highest BCUT2D eigenvalue weighted by atomic mass is 16.6. The molecule has 0 unspecified atom stereocenters. The summed E-state index contributed by atoms with van der Waals surface area (Å²) in [4.78, 5) is 11.8. The largest absolute Gasteiger partial charge is 0.449 e. The van der Waals surface area contributed by atoms with Crippen LogP contribution in [0.25, 0.3) is 0 Å². The first-order valence-corrected chi connectivity index (χ1v) is 5.80. The number of quaternary nitrogens is 1. The van der Waals surface area contributed by atoms with Crippen LogP contribution in [0.2, 0.25) is 0 Å². The molecule has 1 aromatic rings. The van der Waals surface area contributed by atoms with Crippen LogP contribution < -0.4 is 5.48 Å². The molecule has 0 bridgehead atoms. The molecule has 0 aromatic heterocycles. The van der Waals surface area contributed by atoms with Crippen LogP contribution >= 0.6 is 0 Å². The molecule has 0 saturated heterocycles. The third-order valence-corrected chi connectivity index (χ3v) is 2.94. The fraction of sp³-hybridized carbons (Fsp3) is 0.308. The second-order valence-corrected chi connectivity index (χ2v) is 4.19. The minimum Gasteiger partial charge on any atom is -0.449 e. The van der Waals surface area contributed by atoms with Gasteiger partial charge in [0.1, 0.15) is 0 Å². The molecule has 1 aromatic carbocycles. The molecule has 2 rings (SSSR count). The highest BCUT2D eigenvalue weighted by Crippen LogP contribution is 2.18. The van der Waals surface area contributed by atoms with Gasteiger partial charge in [0, 0.05) is 6.42 Å². The monoisotopic (exact) mass is 250 g/mol. The number of carbonyl (C=O) groups is 1. The maximum atomic E-state index is 11.8. The lowest BCUT2D eigenvalue weighted by atomic mass is 10.1. The van der Waals surface area contributed by atoms with Crippen molar-refractivity contribution in [3.05, 3.63) is 48.0 Å². The van der Waals surface area contributed by atoms with E-state index in [1.54, 1.807) is 36.4 Å². The van der Waals surface area contributed by atoms with Crippen molar-refractivity contribution in [3.8, 4) is 0 Å². The van der Waals surface area contributed by atoms with Gasteiger partial charge in [-0.3, -0.25) is 0 Å². The van der Waals surface area contributed by atoms with Crippen molar-refractivity contribution in [1.82, 2.24) is 0 Å². The summed E-state index contributed by atoms with van der Waals surface area (Å²) in [6.45, 7) is 0. The van der Waals surface area contributed by atoms with E-state index in [-0.39, 0.29) is 6.04 Å². The smallest absolute Gasteiger partial charge is 0.340 e. The molecule has 0 aliphatic heterocycles. The fourth-order valence-electron chi connectivity index (χ4n) is 1.89. The number of hydrogen-bond donors (Lipinski definition) is 3. The predicted molar refractivity (Wildman–Crippen MR) is 62.5 cm³/mol. The summed E-state index contributed by atoms with van der Waals surface area (Å²) in [5, 5.41) is 18.8. The molecule has 1 aliphatic carbocycles. The first-order valence-electron chi connectivity index (χ1n) is 5.80. The van der Waals surface area contributed by atoms with Gasteiger partial charge in [-0.15, -0.1) is 0 Å². The van der Waals surface area contributed by atoms with Crippen LogP contribution in [-0.2, 0) is 9.53 Å². The normalized spacial score (nSPS) is 23.9. The molecule has 0 heterocycles. The van der Waals surface area contributed by atoms with Crippen molar-refractivity contribution in [2.45, 2.75) is 24.7 Å². The van der Waals surface area contributed by atoms with Gasteiger partial charge in [-0.1, -0.05) is 36.4 Å². The quantitative estimate of drug-likeness (QED) is 0.396. The van der Waals surface area contributed by atoms with Crippen LogP contribution in [0.1, 0.15) is 18.1 Å². The van der Waals surface area contributed by atoms with Gasteiger partial charge in [0.15, 0.2) is 18.2 Å². The maximum absolute atomic E-state index is 11.8. The number of esters is 1. The molecule has 0 fully saturated rings. The minimum absolute atomic E-state index is 0.225. The van der Waals surface area contributed by atoms with E-state index in [0.717, 1.165) is 5.48 Å². The Bertz CT molecular complexity index is 432. The molecule has 5 heteroatoms. The number of benzene rings is 1. The Labute approximate surface area is 105 Å². The van der Waals surface area contributed by atoms with Gasteiger partial charge in [-0.05, 0) is 11.6 Å². The molecule has 0 amide bonds. The van der Waals surface area contributed by atoms with Crippen molar-refractivity contribution in [2.75, 3.05) is 0 Å². The zero-order valence-corrected chi connectivity index (χ0v) is 9.77.